The minimum atomic E-state index is -0.907. The van der Waals surface area contributed by atoms with E-state index in [0.29, 0.717) is 28.7 Å². The van der Waals surface area contributed by atoms with Gasteiger partial charge in [0.1, 0.15) is 0 Å². The summed E-state index contributed by atoms with van der Waals surface area (Å²) >= 11 is 12.0. The molecule has 5 nitrogen and oxygen atoms in total. The number of nitrogens with zero attached hydrogens (tertiary/aromatic N) is 1. The smallest absolute Gasteiger partial charge is 0.322 e. The maximum atomic E-state index is 12.4. The molecule has 21 heavy (non-hydrogen) atoms. The number of piperidine rings is 1. The van der Waals surface area contributed by atoms with E-state index in [9.17, 15) is 9.59 Å². The average molecular weight is 331 g/mol. The van der Waals surface area contributed by atoms with Crippen molar-refractivity contribution < 1.29 is 14.7 Å². The van der Waals surface area contributed by atoms with Crippen LogP contribution in [0, 0.1) is 0 Å². The molecule has 0 saturated carbocycles. The van der Waals surface area contributed by atoms with Crippen LogP contribution in [-0.2, 0) is 4.79 Å². The van der Waals surface area contributed by atoms with Gasteiger partial charge in [-0.15, -0.1) is 0 Å². The molecule has 1 fully saturated rings. The van der Waals surface area contributed by atoms with E-state index >= 15 is 0 Å². The number of carbonyl (C=O) groups is 2. The van der Waals surface area contributed by atoms with Crippen molar-refractivity contribution >= 4 is 40.9 Å². The first-order chi connectivity index (χ1) is 9.99. The summed E-state index contributed by atoms with van der Waals surface area (Å²) in [6.45, 7) is 0.534. The summed E-state index contributed by atoms with van der Waals surface area (Å²) in [5.74, 6) is -0.907. The third-order valence-electron chi connectivity index (χ3n) is 3.49. The van der Waals surface area contributed by atoms with E-state index in [4.69, 9.17) is 28.3 Å². The number of amides is 2. The van der Waals surface area contributed by atoms with Gasteiger partial charge in [-0.1, -0.05) is 29.3 Å². The van der Waals surface area contributed by atoms with Crippen LogP contribution in [0.3, 0.4) is 0 Å². The normalized spacial score (nSPS) is 18.4. The molecule has 1 aromatic carbocycles. The van der Waals surface area contributed by atoms with Gasteiger partial charge < -0.3 is 15.3 Å². The van der Waals surface area contributed by atoms with Gasteiger partial charge in [-0.25, -0.2) is 4.79 Å². The molecule has 1 aromatic rings. The number of para-hydroxylation sites is 1. The van der Waals surface area contributed by atoms with Gasteiger partial charge in [0.15, 0.2) is 0 Å². The standard InChI is InChI=1S/C14H16Cl2N2O3/c15-10-5-3-6-11(16)13(10)17-14(21)18-7-2-1-4-9(18)8-12(19)20/h3,5-6,9H,1-2,4,7-8H2,(H,17,21)(H,19,20). The molecule has 1 heterocycles. The number of hydrogen-bond donors (Lipinski definition) is 2. The number of urea groups is 1. The fourth-order valence-electron chi connectivity index (χ4n) is 2.48. The third kappa shape index (κ3) is 4.02. The molecule has 114 valence electrons. The van der Waals surface area contributed by atoms with Crippen LogP contribution in [0.2, 0.25) is 10.0 Å². The van der Waals surface area contributed by atoms with Gasteiger partial charge in [0, 0.05) is 12.6 Å². The summed E-state index contributed by atoms with van der Waals surface area (Å²) in [5.41, 5.74) is 0.352. The molecule has 0 bridgehead atoms. The van der Waals surface area contributed by atoms with E-state index in [-0.39, 0.29) is 18.5 Å². The number of hydrogen-bond acceptors (Lipinski definition) is 2. The third-order valence-corrected chi connectivity index (χ3v) is 4.12. The van der Waals surface area contributed by atoms with Crippen molar-refractivity contribution in [3.63, 3.8) is 0 Å². The number of aliphatic carboxylic acids is 1. The first-order valence-electron chi connectivity index (χ1n) is 6.72. The predicted octanol–water partition coefficient (Wildman–Crippen LogP) is 3.85. The van der Waals surface area contributed by atoms with Crippen molar-refractivity contribution in [1.82, 2.24) is 4.90 Å². The molecule has 0 spiro atoms. The second kappa shape index (κ2) is 7.00. The van der Waals surface area contributed by atoms with Crippen LogP contribution in [0.5, 0.6) is 0 Å². The lowest BCUT2D eigenvalue weighted by Gasteiger charge is -2.35. The lowest BCUT2D eigenvalue weighted by molar-refractivity contribution is -0.138. The van der Waals surface area contributed by atoms with Crippen molar-refractivity contribution in [1.29, 1.82) is 0 Å². The van der Waals surface area contributed by atoms with Gasteiger partial charge in [0.2, 0.25) is 0 Å². The molecule has 7 heteroatoms. The Morgan fingerprint density at radius 1 is 1.29 bits per heavy atom. The Kier molecular flexibility index (Phi) is 5.31. The van der Waals surface area contributed by atoms with Gasteiger partial charge >= 0.3 is 12.0 Å². The largest absolute Gasteiger partial charge is 0.481 e. The molecule has 2 rings (SSSR count). The second-order valence-corrected chi connectivity index (χ2v) is 5.78. The first kappa shape index (κ1) is 15.9. The monoisotopic (exact) mass is 330 g/mol. The zero-order valence-corrected chi connectivity index (χ0v) is 12.8. The van der Waals surface area contributed by atoms with E-state index in [0.717, 1.165) is 12.8 Å². The number of nitrogens with one attached hydrogen (secondary N) is 1. The van der Waals surface area contributed by atoms with E-state index in [2.05, 4.69) is 5.32 Å². The molecule has 1 unspecified atom stereocenters. The predicted molar refractivity (Wildman–Crippen MR) is 82.1 cm³/mol. The fourth-order valence-corrected chi connectivity index (χ4v) is 2.97. The number of anilines is 1. The Labute approximate surface area is 132 Å². The van der Waals surface area contributed by atoms with E-state index in [1.165, 1.54) is 0 Å². The SMILES string of the molecule is O=C(O)CC1CCCCN1C(=O)Nc1c(Cl)cccc1Cl. The Balaban J connectivity index is 2.12. The number of carboxylic acid groups (broad SMARTS) is 1. The Hall–Kier alpha value is -1.46. The van der Waals surface area contributed by atoms with E-state index in [1.807, 2.05) is 0 Å². The van der Waals surface area contributed by atoms with Crippen molar-refractivity contribution in [2.24, 2.45) is 0 Å². The zero-order chi connectivity index (χ0) is 15.4. The van der Waals surface area contributed by atoms with Gasteiger partial charge in [0.25, 0.3) is 0 Å². The van der Waals surface area contributed by atoms with Crippen molar-refractivity contribution in [2.75, 3.05) is 11.9 Å². The Morgan fingerprint density at radius 3 is 2.57 bits per heavy atom. The molecule has 0 aromatic heterocycles. The van der Waals surface area contributed by atoms with Crippen molar-refractivity contribution in [3.05, 3.63) is 28.2 Å². The summed E-state index contributed by atoms with van der Waals surface area (Å²) in [4.78, 5) is 24.8. The number of likely N-dealkylation sites (tertiary alicyclic amines) is 1. The lowest BCUT2D eigenvalue weighted by atomic mass is 10.00. The van der Waals surface area contributed by atoms with Gasteiger partial charge in [-0.2, -0.15) is 0 Å². The van der Waals surface area contributed by atoms with E-state index < -0.39 is 5.97 Å². The highest BCUT2D eigenvalue weighted by molar-refractivity contribution is 6.39. The summed E-state index contributed by atoms with van der Waals surface area (Å²) in [7, 11) is 0. The average Bonchev–Trinajstić information content (AvgIpc) is 2.43. The van der Waals surface area contributed by atoms with Gasteiger partial charge in [-0.05, 0) is 31.4 Å². The molecule has 2 amide bonds. The maximum Gasteiger partial charge on any atom is 0.322 e. The molecule has 0 aliphatic carbocycles. The quantitative estimate of drug-likeness (QED) is 0.884. The highest BCUT2D eigenvalue weighted by atomic mass is 35.5. The van der Waals surface area contributed by atoms with Crippen molar-refractivity contribution in [3.8, 4) is 0 Å². The van der Waals surface area contributed by atoms with E-state index in [1.54, 1.807) is 23.1 Å². The van der Waals surface area contributed by atoms with Gasteiger partial charge in [0.05, 0.1) is 22.2 Å². The highest BCUT2D eigenvalue weighted by Gasteiger charge is 2.29. The zero-order valence-electron chi connectivity index (χ0n) is 11.3. The first-order valence-corrected chi connectivity index (χ1v) is 7.48. The Bertz CT molecular complexity index is 531. The maximum absolute atomic E-state index is 12.4. The van der Waals surface area contributed by atoms with Crippen LogP contribution >= 0.6 is 23.2 Å². The number of carboxylic acids is 1. The number of halogens is 2. The topological polar surface area (TPSA) is 69.6 Å². The molecule has 1 saturated heterocycles. The van der Waals surface area contributed by atoms with Crippen LogP contribution < -0.4 is 5.32 Å². The van der Waals surface area contributed by atoms with Crippen LogP contribution in [0.4, 0.5) is 10.5 Å². The fraction of sp³-hybridized carbons (Fsp3) is 0.429. The van der Waals surface area contributed by atoms with Crippen LogP contribution in [0.15, 0.2) is 18.2 Å². The molecule has 1 aliphatic heterocycles. The minimum absolute atomic E-state index is 0.0519. The number of rotatable bonds is 3. The van der Waals surface area contributed by atoms with Crippen molar-refractivity contribution in [2.45, 2.75) is 31.7 Å². The minimum Gasteiger partial charge on any atom is -0.481 e. The molecule has 1 aliphatic rings. The summed E-state index contributed by atoms with van der Waals surface area (Å²) in [5, 5.41) is 12.3. The molecular formula is C14H16Cl2N2O3. The summed E-state index contributed by atoms with van der Waals surface area (Å²) < 4.78 is 0. The molecule has 1 atom stereocenters. The summed E-state index contributed by atoms with van der Waals surface area (Å²) in [6, 6.07) is 4.30. The summed E-state index contributed by atoms with van der Waals surface area (Å²) in [6.07, 6.45) is 2.42. The van der Waals surface area contributed by atoms with Crippen LogP contribution in [0.1, 0.15) is 25.7 Å². The van der Waals surface area contributed by atoms with Crippen LogP contribution in [0.25, 0.3) is 0 Å². The number of carbonyl (C=O) groups excluding carboxylic acids is 1. The number of benzene rings is 1. The second-order valence-electron chi connectivity index (χ2n) is 4.97. The molecule has 0 radical (unpaired) electrons. The van der Waals surface area contributed by atoms with Crippen LogP contribution in [-0.4, -0.2) is 34.6 Å². The lowest BCUT2D eigenvalue weighted by Crippen LogP contribution is -2.46. The Morgan fingerprint density at radius 2 is 1.95 bits per heavy atom. The highest BCUT2D eigenvalue weighted by Crippen LogP contribution is 2.30. The molecular weight excluding hydrogens is 315 g/mol. The van der Waals surface area contributed by atoms with Gasteiger partial charge in [-0.3, -0.25) is 4.79 Å². The molecule has 2 N–H and O–H groups in total.